The van der Waals surface area contributed by atoms with Gasteiger partial charge in [-0.1, -0.05) is 55.5 Å². The third-order valence-electron chi connectivity index (χ3n) is 6.09. The molecule has 0 radical (unpaired) electrons. The average molecular weight is 524 g/mol. The smallest absolute Gasteiger partial charge is 0.264 e. The molecule has 0 aromatic heterocycles. The van der Waals surface area contributed by atoms with Gasteiger partial charge in [0.25, 0.3) is 10.0 Å². The number of nitrogens with one attached hydrogen (secondary N) is 1. The second-order valence-corrected chi connectivity index (χ2v) is 10.2. The Kier molecular flexibility index (Phi) is 9.68. The molecule has 0 heterocycles. The highest BCUT2D eigenvalue weighted by molar-refractivity contribution is 7.92. The van der Waals surface area contributed by atoms with E-state index in [0.717, 1.165) is 9.87 Å². The minimum atomic E-state index is -4.10. The van der Waals surface area contributed by atoms with Gasteiger partial charge in [-0.05, 0) is 54.8 Å². The van der Waals surface area contributed by atoms with Crippen molar-refractivity contribution in [2.24, 2.45) is 0 Å². The minimum Gasteiger partial charge on any atom is -0.497 e. The number of hydrogen-bond acceptors (Lipinski definition) is 5. The van der Waals surface area contributed by atoms with E-state index in [1.807, 2.05) is 37.3 Å². The number of likely N-dealkylation sites (N-methyl/N-ethyl adjacent to an activating group) is 1. The van der Waals surface area contributed by atoms with Gasteiger partial charge in [-0.2, -0.15) is 0 Å². The summed E-state index contributed by atoms with van der Waals surface area (Å²) in [6.07, 6.45) is 0.910. The first-order valence-corrected chi connectivity index (χ1v) is 13.5. The lowest BCUT2D eigenvalue weighted by molar-refractivity contribution is -0.139. The number of hydrogen-bond donors (Lipinski definition) is 1. The molecule has 3 aromatic rings. The highest BCUT2D eigenvalue weighted by Gasteiger charge is 2.33. The van der Waals surface area contributed by atoms with Crippen LogP contribution in [-0.2, 0) is 26.0 Å². The van der Waals surface area contributed by atoms with Crippen LogP contribution < -0.4 is 14.4 Å². The van der Waals surface area contributed by atoms with Crippen molar-refractivity contribution in [3.8, 4) is 5.75 Å². The molecular formula is C28H33N3O5S. The van der Waals surface area contributed by atoms with Crippen LogP contribution in [0, 0.1) is 0 Å². The number of benzene rings is 3. The van der Waals surface area contributed by atoms with Crippen molar-refractivity contribution in [3.63, 3.8) is 0 Å². The zero-order chi connectivity index (χ0) is 26.8. The third kappa shape index (κ3) is 6.89. The van der Waals surface area contributed by atoms with E-state index in [1.165, 1.54) is 31.2 Å². The van der Waals surface area contributed by atoms with Gasteiger partial charge in [-0.15, -0.1) is 0 Å². The largest absolute Gasteiger partial charge is 0.497 e. The van der Waals surface area contributed by atoms with Gasteiger partial charge >= 0.3 is 0 Å². The fourth-order valence-corrected chi connectivity index (χ4v) is 5.47. The number of amides is 2. The molecule has 8 nitrogen and oxygen atoms in total. The Hall–Kier alpha value is -3.85. The molecule has 0 bridgehead atoms. The molecule has 0 aliphatic rings. The predicted octanol–water partition coefficient (Wildman–Crippen LogP) is 3.49. The van der Waals surface area contributed by atoms with Crippen LogP contribution in [-0.4, -0.2) is 58.4 Å². The summed E-state index contributed by atoms with van der Waals surface area (Å²) in [6, 6.07) is 23.4. The summed E-state index contributed by atoms with van der Waals surface area (Å²) in [5, 5.41) is 2.62. The molecule has 3 aromatic carbocycles. The number of para-hydroxylation sites is 1. The van der Waals surface area contributed by atoms with Crippen molar-refractivity contribution in [1.82, 2.24) is 10.2 Å². The standard InChI is InChI=1S/C28H33N3O5S/c1-4-26(28(33)29-2)30(20-19-22-11-7-5-8-12-22)27(32)21-31(23-13-9-6-10-14-23)37(34,35)25-17-15-24(36-3)16-18-25/h5-18,26H,4,19-21H2,1-3H3,(H,29,33)/t26-/m1/s1. The van der Waals surface area contributed by atoms with Crippen molar-refractivity contribution in [2.45, 2.75) is 30.7 Å². The molecule has 3 rings (SSSR count). The maximum Gasteiger partial charge on any atom is 0.264 e. The zero-order valence-electron chi connectivity index (χ0n) is 21.3. The molecule has 0 saturated heterocycles. The van der Waals surface area contributed by atoms with Crippen LogP contribution in [0.5, 0.6) is 5.75 Å². The van der Waals surface area contributed by atoms with Crippen molar-refractivity contribution in [2.75, 3.05) is 31.6 Å². The SMILES string of the molecule is CC[C@H](C(=O)NC)N(CCc1ccccc1)C(=O)CN(c1ccccc1)S(=O)(=O)c1ccc(OC)cc1. The summed E-state index contributed by atoms with van der Waals surface area (Å²) in [7, 11) is -1.08. The summed E-state index contributed by atoms with van der Waals surface area (Å²) in [6.45, 7) is 1.63. The molecule has 9 heteroatoms. The lowest BCUT2D eigenvalue weighted by Gasteiger charge is -2.33. The average Bonchev–Trinajstić information content (AvgIpc) is 2.94. The number of methoxy groups -OCH3 is 1. The van der Waals surface area contributed by atoms with Crippen LogP contribution in [0.15, 0.2) is 89.8 Å². The van der Waals surface area contributed by atoms with Crippen LogP contribution in [0.2, 0.25) is 0 Å². The van der Waals surface area contributed by atoms with E-state index in [1.54, 1.807) is 42.5 Å². The second kappa shape index (κ2) is 12.9. The number of nitrogens with zero attached hydrogens (tertiary/aromatic N) is 2. The Morgan fingerprint density at radius 1 is 0.919 bits per heavy atom. The first-order valence-electron chi connectivity index (χ1n) is 12.1. The molecule has 0 unspecified atom stereocenters. The maximum absolute atomic E-state index is 13.8. The van der Waals surface area contributed by atoms with Crippen molar-refractivity contribution < 1.29 is 22.7 Å². The molecule has 196 valence electrons. The molecule has 0 aliphatic heterocycles. The molecular weight excluding hydrogens is 490 g/mol. The van der Waals surface area contributed by atoms with E-state index in [-0.39, 0.29) is 17.3 Å². The topological polar surface area (TPSA) is 96.0 Å². The van der Waals surface area contributed by atoms with Gasteiger partial charge in [0.15, 0.2) is 0 Å². The quantitative estimate of drug-likeness (QED) is 0.392. The van der Waals surface area contributed by atoms with Gasteiger partial charge in [0.05, 0.1) is 17.7 Å². The molecule has 0 spiro atoms. The fraction of sp³-hybridized carbons (Fsp3) is 0.286. The fourth-order valence-electron chi connectivity index (χ4n) is 4.06. The van der Waals surface area contributed by atoms with E-state index < -0.39 is 28.5 Å². The monoisotopic (exact) mass is 523 g/mol. The predicted molar refractivity (Wildman–Crippen MR) is 144 cm³/mol. The third-order valence-corrected chi connectivity index (χ3v) is 7.88. The van der Waals surface area contributed by atoms with Crippen molar-refractivity contribution in [3.05, 3.63) is 90.5 Å². The lowest BCUT2D eigenvalue weighted by atomic mass is 10.1. The van der Waals surface area contributed by atoms with Crippen molar-refractivity contribution in [1.29, 1.82) is 0 Å². The normalized spacial score (nSPS) is 11.9. The Balaban J connectivity index is 1.97. The Morgan fingerprint density at radius 2 is 1.51 bits per heavy atom. The van der Waals surface area contributed by atoms with Gasteiger partial charge in [-0.25, -0.2) is 8.42 Å². The highest BCUT2D eigenvalue weighted by Crippen LogP contribution is 2.25. The molecule has 1 N–H and O–H groups in total. The van der Waals surface area contributed by atoms with Crippen LogP contribution >= 0.6 is 0 Å². The number of anilines is 1. The maximum atomic E-state index is 13.8. The number of ether oxygens (including phenoxy) is 1. The van der Waals surface area contributed by atoms with E-state index in [9.17, 15) is 18.0 Å². The van der Waals surface area contributed by atoms with Gasteiger partial charge in [0.2, 0.25) is 11.8 Å². The van der Waals surface area contributed by atoms with E-state index >= 15 is 0 Å². The first-order chi connectivity index (χ1) is 17.8. The van der Waals surface area contributed by atoms with Crippen LogP contribution in [0.1, 0.15) is 18.9 Å². The Bertz CT molecular complexity index is 1270. The van der Waals surface area contributed by atoms with Gasteiger partial charge in [0, 0.05) is 13.6 Å². The summed E-state index contributed by atoms with van der Waals surface area (Å²) in [5.41, 5.74) is 1.36. The van der Waals surface area contributed by atoms with Gasteiger partial charge in [0.1, 0.15) is 18.3 Å². The Morgan fingerprint density at radius 3 is 2.05 bits per heavy atom. The second-order valence-electron chi connectivity index (χ2n) is 8.38. The van der Waals surface area contributed by atoms with Crippen molar-refractivity contribution >= 4 is 27.5 Å². The van der Waals surface area contributed by atoms with E-state index in [0.29, 0.717) is 24.3 Å². The molecule has 2 amide bonds. The van der Waals surface area contributed by atoms with Crippen LogP contribution in [0.3, 0.4) is 0 Å². The summed E-state index contributed by atoms with van der Waals surface area (Å²) >= 11 is 0. The van der Waals surface area contributed by atoms with Crippen LogP contribution in [0.25, 0.3) is 0 Å². The number of rotatable bonds is 12. The number of carbonyl (C=O) groups is 2. The van der Waals surface area contributed by atoms with E-state index in [2.05, 4.69) is 5.32 Å². The van der Waals surface area contributed by atoms with Gasteiger partial charge in [-0.3, -0.25) is 13.9 Å². The zero-order valence-corrected chi connectivity index (χ0v) is 22.1. The molecule has 37 heavy (non-hydrogen) atoms. The minimum absolute atomic E-state index is 0.0270. The van der Waals surface area contributed by atoms with Gasteiger partial charge < -0.3 is 15.0 Å². The van der Waals surface area contributed by atoms with Crippen LogP contribution in [0.4, 0.5) is 5.69 Å². The van der Waals surface area contributed by atoms with E-state index in [4.69, 9.17) is 4.74 Å². The molecule has 0 aliphatic carbocycles. The lowest BCUT2D eigenvalue weighted by Crippen LogP contribution is -2.52. The molecule has 0 saturated carbocycles. The number of sulfonamides is 1. The first kappa shape index (κ1) is 27.7. The highest BCUT2D eigenvalue weighted by atomic mass is 32.2. The Labute approximate surface area is 218 Å². The number of carbonyl (C=O) groups excluding carboxylic acids is 2. The summed E-state index contributed by atoms with van der Waals surface area (Å²) in [5.74, 6) is -0.245. The molecule has 1 atom stereocenters. The summed E-state index contributed by atoms with van der Waals surface area (Å²) in [4.78, 5) is 28.0. The summed E-state index contributed by atoms with van der Waals surface area (Å²) < 4.78 is 33.7. The molecule has 0 fully saturated rings.